The normalized spacial score (nSPS) is 18.0. The van der Waals surface area contributed by atoms with E-state index in [4.69, 9.17) is 4.42 Å². The predicted octanol–water partition coefficient (Wildman–Crippen LogP) is 4.17. The van der Waals surface area contributed by atoms with Crippen LogP contribution in [-0.4, -0.2) is 11.0 Å². The molecular weight excluding hydrogens is 260 g/mol. The van der Waals surface area contributed by atoms with Crippen LogP contribution in [0.1, 0.15) is 24.8 Å². The van der Waals surface area contributed by atoms with Crippen LogP contribution in [0.4, 0.5) is 5.69 Å². The Bertz CT molecular complexity index is 744. The van der Waals surface area contributed by atoms with Crippen molar-refractivity contribution in [3.63, 3.8) is 0 Å². The van der Waals surface area contributed by atoms with E-state index in [-0.39, 0.29) is 0 Å². The van der Waals surface area contributed by atoms with Gasteiger partial charge in [-0.05, 0) is 43.5 Å². The summed E-state index contributed by atoms with van der Waals surface area (Å²) in [4.78, 5) is 7.01. The van der Waals surface area contributed by atoms with E-state index in [1.54, 1.807) is 0 Å². The van der Waals surface area contributed by atoms with Gasteiger partial charge < -0.3 is 9.32 Å². The lowest BCUT2D eigenvalue weighted by molar-refractivity contribution is 0.482. The Morgan fingerprint density at radius 2 is 1.95 bits per heavy atom. The zero-order chi connectivity index (χ0) is 14.2. The monoisotopic (exact) mass is 278 g/mol. The maximum Gasteiger partial charge on any atom is 0.215 e. The van der Waals surface area contributed by atoms with E-state index in [1.807, 2.05) is 24.3 Å². The molecule has 0 aliphatic carbocycles. The molecule has 0 radical (unpaired) electrons. The maximum atomic E-state index is 5.88. The minimum absolute atomic E-state index is 0.509. The molecule has 4 rings (SSSR count). The largest absolute Gasteiger partial charge is 0.439 e. The number of anilines is 1. The Morgan fingerprint density at radius 3 is 2.86 bits per heavy atom. The molecule has 1 aliphatic heterocycles. The van der Waals surface area contributed by atoms with E-state index >= 15 is 0 Å². The minimum Gasteiger partial charge on any atom is -0.439 e. The van der Waals surface area contributed by atoms with E-state index in [0.717, 1.165) is 30.0 Å². The first kappa shape index (κ1) is 12.5. The molecule has 0 amide bonds. The van der Waals surface area contributed by atoms with E-state index in [0.29, 0.717) is 6.04 Å². The van der Waals surface area contributed by atoms with Gasteiger partial charge in [-0.25, -0.2) is 4.98 Å². The molecule has 0 fully saturated rings. The number of rotatable bonds is 2. The number of hydrogen-bond acceptors (Lipinski definition) is 3. The molecule has 2 heterocycles. The van der Waals surface area contributed by atoms with Gasteiger partial charge in [0.15, 0.2) is 5.58 Å². The van der Waals surface area contributed by atoms with Gasteiger partial charge in [0.1, 0.15) is 5.52 Å². The summed E-state index contributed by atoms with van der Waals surface area (Å²) >= 11 is 0. The summed E-state index contributed by atoms with van der Waals surface area (Å²) in [6, 6.07) is 17.1. The van der Waals surface area contributed by atoms with Crippen molar-refractivity contribution in [2.24, 2.45) is 0 Å². The van der Waals surface area contributed by atoms with E-state index in [9.17, 15) is 0 Å². The Kier molecular flexibility index (Phi) is 2.92. The maximum absolute atomic E-state index is 5.88. The van der Waals surface area contributed by atoms with Crippen LogP contribution < -0.4 is 4.90 Å². The molecule has 21 heavy (non-hydrogen) atoms. The summed E-state index contributed by atoms with van der Waals surface area (Å²) in [5.41, 5.74) is 4.54. The fraction of sp³-hybridized carbons (Fsp3) is 0.278. The third-order valence-electron chi connectivity index (χ3n) is 4.31. The fourth-order valence-electron chi connectivity index (χ4n) is 3.13. The molecule has 1 unspecified atom stereocenters. The second-order valence-corrected chi connectivity index (χ2v) is 5.72. The van der Waals surface area contributed by atoms with Crippen LogP contribution in [-0.2, 0) is 13.0 Å². The number of benzene rings is 2. The second-order valence-electron chi connectivity index (χ2n) is 5.72. The second kappa shape index (κ2) is 4.92. The van der Waals surface area contributed by atoms with Crippen molar-refractivity contribution in [3.8, 4) is 0 Å². The third kappa shape index (κ3) is 2.19. The zero-order valence-electron chi connectivity index (χ0n) is 12.1. The molecule has 1 aliphatic rings. The lowest BCUT2D eigenvalue weighted by Gasteiger charge is -2.36. The summed E-state index contributed by atoms with van der Waals surface area (Å²) in [5.74, 6) is 0.791. The van der Waals surface area contributed by atoms with E-state index in [2.05, 4.69) is 41.1 Å². The lowest BCUT2D eigenvalue weighted by atomic mass is 9.97. The van der Waals surface area contributed by atoms with Gasteiger partial charge in [-0.2, -0.15) is 0 Å². The van der Waals surface area contributed by atoms with Gasteiger partial charge in [0, 0.05) is 11.7 Å². The molecule has 106 valence electrons. The minimum atomic E-state index is 0.509. The number of oxazole rings is 1. The number of para-hydroxylation sites is 3. The standard InChI is InChI=1S/C18H18N2O/c1-13-10-11-14-6-2-4-8-16(14)20(13)12-18-19-15-7-3-5-9-17(15)21-18/h2-9,13H,10-12H2,1H3. The summed E-state index contributed by atoms with van der Waals surface area (Å²) in [5, 5.41) is 0. The van der Waals surface area contributed by atoms with Crippen molar-refractivity contribution in [1.29, 1.82) is 0 Å². The molecule has 3 nitrogen and oxygen atoms in total. The molecule has 3 aromatic rings. The quantitative estimate of drug-likeness (QED) is 0.704. The van der Waals surface area contributed by atoms with Crippen molar-refractivity contribution in [2.45, 2.75) is 32.4 Å². The van der Waals surface area contributed by atoms with Crippen LogP contribution in [0, 0.1) is 0 Å². The van der Waals surface area contributed by atoms with Gasteiger partial charge in [0.05, 0.1) is 6.54 Å². The van der Waals surface area contributed by atoms with E-state index in [1.165, 1.54) is 17.7 Å². The van der Waals surface area contributed by atoms with Crippen molar-refractivity contribution >= 4 is 16.8 Å². The van der Waals surface area contributed by atoms with Crippen LogP contribution in [0.5, 0.6) is 0 Å². The first-order chi connectivity index (χ1) is 10.3. The molecule has 0 N–H and O–H groups in total. The molecule has 0 bridgehead atoms. The van der Waals surface area contributed by atoms with E-state index < -0.39 is 0 Å². The van der Waals surface area contributed by atoms with Crippen LogP contribution in [0.15, 0.2) is 52.9 Å². The SMILES string of the molecule is CC1CCc2ccccc2N1Cc1nc2ccccc2o1. The highest BCUT2D eigenvalue weighted by Crippen LogP contribution is 2.32. The smallest absolute Gasteiger partial charge is 0.215 e. The highest BCUT2D eigenvalue weighted by Gasteiger charge is 2.24. The van der Waals surface area contributed by atoms with Gasteiger partial charge in [-0.3, -0.25) is 0 Å². The molecule has 1 aromatic heterocycles. The Balaban J connectivity index is 1.69. The lowest BCUT2D eigenvalue weighted by Crippen LogP contribution is -2.36. The summed E-state index contributed by atoms with van der Waals surface area (Å²) in [6.45, 7) is 3.01. The molecule has 0 saturated heterocycles. The van der Waals surface area contributed by atoms with Crippen LogP contribution in [0.25, 0.3) is 11.1 Å². The van der Waals surface area contributed by atoms with Gasteiger partial charge in [-0.1, -0.05) is 30.3 Å². The highest BCUT2D eigenvalue weighted by molar-refractivity contribution is 5.72. The summed E-state index contributed by atoms with van der Waals surface area (Å²) in [7, 11) is 0. The van der Waals surface area contributed by atoms with Gasteiger partial charge in [0.2, 0.25) is 5.89 Å². The zero-order valence-corrected chi connectivity index (χ0v) is 12.1. The van der Waals surface area contributed by atoms with Crippen LogP contribution in [0.3, 0.4) is 0 Å². The molecule has 3 heteroatoms. The molecule has 1 atom stereocenters. The number of hydrogen-bond donors (Lipinski definition) is 0. The third-order valence-corrected chi connectivity index (χ3v) is 4.31. The molecular formula is C18H18N2O. The van der Waals surface area contributed by atoms with Gasteiger partial charge in [-0.15, -0.1) is 0 Å². The number of nitrogens with zero attached hydrogens (tertiary/aromatic N) is 2. The Morgan fingerprint density at radius 1 is 1.14 bits per heavy atom. The Hall–Kier alpha value is -2.29. The number of fused-ring (bicyclic) bond motifs is 2. The first-order valence-electron chi connectivity index (χ1n) is 7.50. The van der Waals surface area contributed by atoms with Crippen molar-refractivity contribution in [1.82, 2.24) is 4.98 Å². The van der Waals surface area contributed by atoms with Crippen molar-refractivity contribution in [3.05, 3.63) is 60.0 Å². The van der Waals surface area contributed by atoms with Gasteiger partial charge >= 0.3 is 0 Å². The molecule has 0 saturated carbocycles. The summed E-state index contributed by atoms with van der Waals surface area (Å²) in [6.07, 6.45) is 2.33. The highest BCUT2D eigenvalue weighted by atomic mass is 16.3. The first-order valence-corrected chi connectivity index (χ1v) is 7.50. The summed E-state index contributed by atoms with van der Waals surface area (Å²) < 4.78 is 5.88. The van der Waals surface area contributed by atoms with Crippen LogP contribution in [0.2, 0.25) is 0 Å². The number of aromatic nitrogens is 1. The fourth-order valence-corrected chi connectivity index (χ4v) is 3.13. The average Bonchev–Trinajstić information content (AvgIpc) is 2.92. The number of aryl methyl sites for hydroxylation is 1. The average molecular weight is 278 g/mol. The van der Waals surface area contributed by atoms with Crippen molar-refractivity contribution < 1.29 is 4.42 Å². The predicted molar refractivity (Wildman–Crippen MR) is 84.4 cm³/mol. The topological polar surface area (TPSA) is 29.3 Å². The van der Waals surface area contributed by atoms with Crippen LogP contribution >= 0.6 is 0 Å². The molecule has 0 spiro atoms. The van der Waals surface area contributed by atoms with Crippen molar-refractivity contribution in [2.75, 3.05) is 4.90 Å². The Labute approximate surface area is 124 Å². The molecule has 2 aromatic carbocycles. The van der Waals surface area contributed by atoms with Gasteiger partial charge in [0.25, 0.3) is 0 Å².